The van der Waals surface area contributed by atoms with Crippen molar-refractivity contribution in [3.63, 3.8) is 0 Å². The molecule has 0 bridgehead atoms. The molecule has 2 atom stereocenters. The fourth-order valence-electron chi connectivity index (χ4n) is 0.928. The fraction of sp³-hybridized carbons (Fsp3) is 0.857. The number of hydrogen-bond acceptors (Lipinski definition) is 1. The van der Waals surface area contributed by atoms with Crippen molar-refractivity contribution >= 4 is 28.6 Å². The van der Waals surface area contributed by atoms with Gasteiger partial charge in [-0.2, -0.15) is 0 Å². The van der Waals surface area contributed by atoms with E-state index in [2.05, 4.69) is 22.6 Å². The molecule has 0 spiro atoms. The molecule has 3 heteroatoms. The molecular weight excluding hydrogens is 243 g/mol. The third kappa shape index (κ3) is 2.86. The maximum atomic E-state index is 10.5. The highest BCUT2D eigenvalue weighted by Crippen LogP contribution is 2.17. The quantitative estimate of drug-likeness (QED) is 0.618. The van der Waals surface area contributed by atoms with Gasteiger partial charge in [-0.15, -0.1) is 0 Å². The number of rotatable bonds is 4. The Labute approximate surface area is 75.1 Å². The van der Waals surface area contributed by atoms with E-state index < -0.39 is 5.97 Å². The van der Waals surface area contributed by atoms with E-state index in [-0.39, 0.29) is 5.92 Å². The van der Waals surface area contributed by atoms with Crippen molar-refractivity contribution in [2.24, 2.45) is 11.8 Å². The monoisotopic (exact) mass is 256 g/mol. The van der Waals surface area contributed by atoms with Crippen LogP contribution in [-0.4, -0.2) is 15.5 Å². The molecule has 0 aromatic heterocycles. The van der Waals surface area contributed by atoms with Gasteiger partial charge in [0.2, 0.25) is 0 Å². The van der Waals surface area contributed by atoms with Gasteiger partial charge >= 0.3 is 5.97 Å². The molecule has 0 aliphatic heterocycles. The fourth-order valence-corrected chi connectivity index (χ4v) is 1.54. The molecule has 0 fully saturated rings. The number of carboxylic acids is 1. The molecule has 0 aliphatic carbocycles. The topological polar surface area (TPSA) is 37.3 Å². The van der Waals surface area contributed by atoms with Gasteiger partial charge in [0.05, 0.1) is 5.92 Å². The minimum absolute atomic E-state index is 0.156. The zero-order valence-corrected chi connectivity index (χ0v) is 8.46. The number of carboxylic acid groups (broad SMARTS) is 1. The van der Waals surface area contributed by atoms with Gasteiger partial charge in [0.1, 0.15) is 0 Å². The van der Waals surface area contributed by atoms with Gasteiger partial charge in [-0.1, -0.05) is 36.4 Å². The number of hydrogen-bond donors (Lipinski definition) is 1. The van der Waals surface area contributed by atoms with Crippen LogP contribution >= 0.6 is 22.6 Å². The van der Waals surface area contributed by atoms with E-state index in [0.717, 1.165) is 10.8 Å². The number of aliphatic carboxylic acids is 1. The highest BCUT2D eigenvalue weighted by atomic mass is 127. The Balaban J connectivity index is 3.92. The molecule has 1 N–H and O–H groups in total. The number of carbonyl (C=O) groups is 1. The van der Waals surface area contributed by atoms with Gasteiger partial charge in [0, 0.05) is 4.43 Å². The van der Waals surface area contributed by atoms with Crippen LogP contribution in [0.1, 0.15) is 20.3 Å². The van der Waals surface area contributed by atoms with Crippen molar-refractivity contribution in [2.75, 3.05) is 4.43 Å². The molecule has 0 saturated carbocycles. The van der Waals surface area contributed by atoms with Crippen molar-refractivity contribution in [1.29, 1.82) is 0 Å². The molecule has 0 aliphatic rings. The first kappa shape index (κ1) is 10.2. The summed E-state index contributed by atoms with van der Waals surface area (Å²) in [4.78, 5) is 10.5. The molecular formula is C7H13IO2. The van der Waals surface area contributed by atoms with Crippen LogP contribution in [0, 0.1) is 11.8 Å². The van der Waals surface area contributed by atoms with Crippen LogP contribution in [0.5, 0.6) is 0 Å². The highest BCUT2D eigenvalue weighted by molar-refractivity contribution is 14.1. The van der Waals surface area contributed by atoms with Crippen LogP contribution in [0.3, 0.4) is 0 Å². The van der Waals surface area contributed by atoms with E-state index >= 15 is 0 Å². The van der Waals surface area contributed by atoms with E-state index in [1.165, 1.54) is 0 Å². The standard InChI is InChI=1S/C7H13IO2/c1-3-6(7(9)10)5(2)4-8/h5-6H,3-4H2,1-2H3,(H,9,10). The Morgan fingerprint density at radius 2 is 2.20 bits per heavy atom. The van der Waals surface area contributed by atoms with Crippen molar-refractivity contribution in [3.8, 4) is 0 Å². The predicted molar refractivity (Wildman–Crippen MR) is 49.5 cm³/mol. The lowest BCUT2D eigenvalue weighted by atomic mass is 9.94. The summed E-state index contributed by atoms with van der Waals surface area (Å²) in [6.45, 7) is 3.90. The first-order chi connectivity index (χ1) is 4.63. The predicted octanol–water partition coefficient (Wildman–Crippen LogP) is 2.17. The molecule has 0 saturated heterocycles. The maximum Gasteiger partial charge on any atom is 0.306 e. The van der Waals surface area contributed by atoms with Crippen molar-refractivity contribution in [2.45, 2.75) is 20.3 Å². The SMILES string of the molecule is CCC(C(=O)O)C(C)CI. The zero-order valence-electron chi connectivity index (χ0n) is 6.30. The molecule has 0 amide bonds. The Morgan fingerprint density at radius 3 is 2.30 bits per heavy atom. The first-order valence-electron chi connectivity index (χ1n) is 3.42. The Kier molecular flexibility index (Phi) is 5.03. The van der Waals surface area contributed by atoms with E-state index in [1.54, 1.807) is 0 Å². The van der Waals surface area contributed by atoms with Crippen LogP contribution in [-0.2, 0) is 4.79 Å². The minimum Gasteiger partial charge on any atom is -0.481 e. The van der Waals surface area contributed by atoms with Crippen LogP contribution in [0.4, 0.5) is 0 Å². The summed E-state index contributed by atoms with van der Waals surface area (Å²) in [5, 5.41) is 8.67. The van der Waals surface area contributed by atoms with Gasteiger partial charge < -0.3 is 5.11 Å². The maximum absolute atomic E-state index is 10.5. The van der Waals surface area contributed by atoms with Crippen LogP contribution in [0.2, 0.25) is 0 Å². The van der Waals surface area contributed by atoms with Crippen LogP contribution in [0.25, 0.3) is 0 Å². The van der Waals surface area contributed by atoms with E-state index in [9.17, 15) is 4.79 Å². The van der Waals surface area contributed by atoms with Crippen molar-refractivity contribution in [1.82, 2.24) is 0 Å². The third-order valence-electron chi connectivity index (χ3n) is 1.69. The molecule has 60 valence electrons. The summed E-state index contributed by atoms with van der Waals surface area (Å²) in [6, 6.07) is 0. The van der Waals surface area contributed by atoms with Gasteiger partial charge in [0.25, 0.3) is 0 Å². The average Bonchev–Trinajstić information content (AvgIpc) is 1.88. The largest absolute Gasteiger partial charge is 0.481 e. The lowest BCUT2D eigenvalue weighted by Gasteiger charge is -2.14. The molecule has 0 rings (SSSR count). The minimum atomic E-state index is -0.660. The summed E-state index contributed by atoms with van der Waals surface area (Å²) in [5.74, 6) is -0.522. The van der Waals surface area contributed by atoms with Crippen molar-refractivity contribution < 1.29 is 9.90 Å². The molecule has 0 aromatic rings. The van der Waals surface area contributed by atoms with E-state index in [1.807, 2.05) is 13.8 Å². The smallest absolute Gasteiger partial charge is 0.306 e. The molecule has 2 nitrogen and oxygen atoms in total. The van der Waals surface area contributed by atoms with Gasteiger partial charge in [-0.25, -0.2) is 0 Å². The molecule has 0 radical (unpaired) electrons. The second-order valence-electron chi connectivity index (χ2n) is 2.48. The zero-order chi connectivity index (χ0) is 8.15. The molecule has 2 unspecified atom stereocenters. The summed E-state index contributed by atoms with van der Waals surface area (Å²) in [5.41, 5.74) is 0. The summed E-state index contributed by atoms with van der Waals surface area (Å²) in [7, 11) is 0. The first-order valence-corrected chi connectivity index (χ1v) is 4.94. The van der Waals surface area contributed by atoms with Crippen LogP contribution in [0.15, 0.2) is 0 Å². The lowest BCUT2D eigenvalue weighted by molar-refractivity contribution is -0.143. The number of alkyl halides is 1. The Hall–Kier alpha value is 0.200. The third-order valence-corrected chi connectivity index (χ3v) is 3.08. The van der Waals surface area contributed by atoms with Gasteiger partial charge in [0.15, 0.2) is 0 Å². The molecule has 10 heavy (non-hydrogen) atoms. The van der Waals surface area contributed by atoms with Gasteiger partial charge in [-0.05, 0) is 12.3 Å². The Bertz CT molecular complexity index is 114. The highest BCUT2D eigenvalue weighted by Gasteiger charge is 2.20. The van der Waals surface area contributed by atoms with E-state index in [4.69, 9.17) is 5.11 Å². The normalized spacial score (nSPS) is 16.3. The van der Waals surface area contributed by atoms with Crippen LogP contribution < -0.4 is 0 Å². The summed E-state index contributed by atoms with van der Waals surface area (Å²) < 4.78 is 0.919. The second kappa shape index (κ2) is 4.93. The summed E-state index contributed by atoms with van der Waals surface area (Å²) >= 11 is 2.22. The molecule has 0 aromatic carbocycles. The van der Waals surface area contributed by atoms with E-state index in [0.29, 0.717) is 5.92 Å². The van der Waals surface area contributed by atoms with Crippen molar-refractivity contribution in [3.05, 3.63) is 0 Å². The summed E-state index contributed by atoms with van der Waals surface area (Å²) in [6.07, 6.45) is 0.736. The second-order valence-corrected chi connectivity index (χ2v) is 3.37. The van der Waals surface area contributed by atoms with Gasteiger partial charge in [-0.3, -0.25) is 4.79 Å². The number of halogens is 1. The lowest BCUT2D eigenvalue weighted by Crippen LogP contribution is -2.21. The average molecular weight is 256 g/mol. The Morgan fingerprint density at radius 1 is 1.70 bits per heavy atom. The molecule has 0 heterocycles.